The minimum absolute atomic E-state index is 0.742. The molecule has 18 heavy (non-hydrogen) atoms. The van der Waals surface area contributed by atoms with Crippen molar-refractivity contribution in [2.24, 2.45) is 9.98 Å². The van der Waals surface area contributed by atoms with E-state index in [1.165, 1.54) is 0 Å². The summed E-state index contributed by atoms with van der Waals surface area (Å²) in [4.78, 5) is 10.9. The van der Waals surface area contributed by atoms with Gasteiger partial charge < -0.3 is 9.64 Å². The van der Waals surface area contributed by atoms with Gasteiger partial charge in [0.2, 0.25) is 0 Å². The first-order chi connectivity index (χ1) is 8.86. The maximum absolute atomic E-state index is 5.37. The average Bonchev–Trinajstić information content (AvgIpc) is 2.43. The first-order valence-electron chi connectivity index (χ1n) is 6.30. The van der Waals surface area contributed by atoms with E-state index >= 15 is 0 Å². The molecule has 0 saturated carbocycles. The Kier molecular flexibility index (Phi) is 4.47. The normalized spacial score (nSPS) is 24.5. The fraction of sp³-hybridized carbons (Fsp3) is 0.429. The van der Waals surface area contributed by atoms with Crippen LogP contribution < -0.4 is 0 Å². The van der Waals surface area contributed by atoms with Crippen molar-refractivity contribution in [2.75, 3.05) is 32.8 Å². The third kappa shape index (κ3) is 2.76. The minimum Gasteiger partial charge on any atom is -0.378 e. The monoisotopic (exact) mass is 245 g/mol. The zero-order chi connectivity index (χ0) is 12.8. The van der Waals surface area contributed by atoms with Crippen molar-refractivity contribution in [2.45, 2.75) is 6.92 Å². The zero-order valence-electron chi connectivity index (χ0n) is 10.8. The molecule has 0 atom stereocenters. The summed E-state index contributed by atoms with van der Waals surface area (Å²) in [6, 6.07) is 0. The molecule has 96 valence electrons. The molecule has 0 unspecified atom stereocenters. The number of ether oxygens (including phenoxy) is 1. The van der Waals surface area contributed by atoms with Gasteiger partial charge in [0, 0.05) is 25.2 Å². The van der Waals surface area contributed by atoms with E-state index in [0.29, 0.717) is 0 Å². The van der Waals surface area contributed by atoms with Gasteiger partial charge in [-0.1, -0.05) is 12.2 Å². The summed E-state index contributed by atoms with van der Waals surface area (Å²) in [5, 5.41) is 0. The Morgan fingerprint density at radius 3 is 2.72 bits per heavy atom. The molecule has 0 N–H and O–H groups in total. The lowest BCUT2D eigenvalue weighted by Gasteiger charge is -2.30. The lowest BCUT2D eigenvalue weighted by Crippen LogP contribution is -2.36. The molecule has 0 spiro atoms. The van der Waals surface area contributed by atoms with Crippen LogP contribution in [0.3, 0.4) is 0 Å². The minimum atomic E-state index is 0.742. The molecule has 4 nitrogen and oxygen atoms in total. The molecule has 0 amide bonds. The van der Waals surface area contributed by atoms with Crippen LogP contribution in [0.5, 0.6) is 0 Å². The van der Waals surface area contributed by atoms with Crippen LogP contribution >= 0.6 is 0 Å². The summed E-state index contributed by atoms with van der Waals surface area (Å²) >= 11 is 0. The summed E-state index contributed by atoms with van der Waals surface area (Å²) in [7, 11) is 0. The summed E-state index contributed by atoms with van der Waals surface area (Å²) in [5.74, 6) is 0.908. The van der Waals surface area contributed by atoms with Crippen LogP contribution in [0.1, 0.15) is 6.92 Å². The maximum Gasteiger partial charge on any atom is 0.137 e. The van der Waals surface area contributed by atoms with Gasteiger partial charge in [-0.3, -0.25) is 4.99 Å². The molecule has 1 fully saturated rings. The number of rotatable bonds is 3. The molecule has 4 heteroatoms. The van der Waals surface area contributed by atoms with E-state index in [0.717, 1.165) is 50.0 Å². The Morgan fingerprint density at radius 2 is 2.06 bits per heavy atom. The number of nitrogens with zero attached hydrogens (tertiary/aromatic N) is 3. The first-order valence-corrected chi connectivity index (χ1v) is 6.30. The summed E-state index contributed by atoms with van der Waals surface area (Å²) in [5.41, 5.74) is 2.03. The van der Waals surface area contributed by atoms with Gasteiger partial charge in [0.1, 0.15) is 5.82 Å². The quantitative estimate of drug-likeness (QED) is 0.711. The van der Waals surface area contributed by atoms with Crippen LogP contribution in [0.2, 0.25) is 0 Å². The van der Waals surface area contributed by atoms with E-state index in [4.69, 9.17) is 4.74 Å². The Hall–Kier alpha value is -1.68. The topological polar surface area (TPSA) is 37.2 Å². The summed E-state index contributed by atoms with van der Waals surface area (Å²) < 4.78 is 5.37. The average molecular weight is 245 g/mol. The predicted molar refractivity (Wildman–Crippen MR) is 75.2 cm³/mol. The molecule has 1 aliphatic carbocycles. The highest BCUT2D eigenvalue weighted by atomic mass is 16.5. The van der Waals surface area contributed by atoms with Crippen LogP contribution in [-0.4, -0.2) is 50.2 Å². The number of hydrogen-bond acceptors (Lipinski definition) is 4. The summed E-state index contributed by atoms with van der Waals surface area (Å²) in [6.07, 6.45) is 8.08. The van der Waals surface area contributed by atoms with E-state index < -0.39 is 0 Å². The number of hydrogen-bond donors (Lipinski definition) is 0. The second kappa shape index (κ2) is 6.31. The highest BCUT2D eigenvalue weighted by Gasteiger charge is 2.18. The molecular formula is C14H19N3O. The van der Waals surface area contributed by atoms with E-state index in [9.17, 15) is 0 Å². The highest BCUT2D eigenvalue weighted by molar-refractivity contribution is 6.12. The van der Waals surface area contributed by atoms with Gasteiger partial charge in [-0.2, -0.15) is 0 Å². The molecule has 0 aromatic carbocycles. The standard InChI is InChI=1S/C14H19N3O/c1-3-16-13-7-5-4-6-12(13)14(15-2)17-8-10-18-11-9-17/h4-7H,2-3,8-11H2,1H3/b14-12+,16-13?. The van der Waals surface area contributed by atoms with Crippen molar-refractivity contribution in [1.29, 1.82) is 0 Å². The van der Waals surface area contributed by atoms with Crippen molar-refractivity contribution in [3.05, 3.63) is 35.7 Å². The zero-order valence-corrected chi connectivity index (χ0v) is 10.8. The van der Waals surface area contributed by atoms with Crippen molar-refractivity contribution >= 4 is 12.4 Å². The molecule has 0 radical (unpaired) electrons. The Morgan fingerprint density at radius 1 is 1.33 bits per heavy atom. The van der Waals surface area contributed by atoms with Crippen LogP contribution in [0.15, 0.2) is 45.7 Å². The predicted octanol–water partition coefficient (Wildman–Crippen LogP) is 1.82. The van der Waals surface area contributed by atoms with Crippen molar-refractivity contribution < 1.29 is 4.74 Å². The number of morpholine rings is 1. The number of aliphatic imine (C=N–C) groups is 2. The molecule has 2 rings (SSSR count). The summed E-state index contributed by atoms with van der Waals surface area (Å²) in [6.45, 7) is 9.70. The first kappa shape index (κ1) is 12.8. The molecule has 0 aromatic rings. The maximum atomic E-state index is 5.37. The van der Waals surface area contributed by atoms with Crippen molar-refractivity contribution in [1.82, 2.24) is 4.90 Å². The largest absolute Gasteiger partial charge is 0.378 e. The fourth-order valence-corrected chi connectivity index (χ4v) is 2.10. The van der Waals surface area contributed by atoms with Gasteiger partial charge in [0.25, 0.3) is 0 Å². The van der Waals surface area contributed by atoms with Crippen LogP contribution in [0, 0.1) is 0 Å². The smallest absolute Gasteiger partial charge is 0.137 e. The van der Waals surface area contributed by atoms with E-state index in [1.807, 2.05) is 31.2 Å². The van der Waals surface area contributed by atoms with Gasteiger partial charge in [-0.15, -0.1) is 0 Å². The van der Waals surface area contributed by atoms with Crippen molar-refractivity contribution in [3.8, 4) is 0 Å². The third-order valence-electron chi connectivity index (χ3n) is 2.93. The van der Waals surface area contributed by atoms with Crippen LogP contribution in [-0.2, 0) is 4.74 Å². The van der Waals surface area contributed by atoms with Gasteiger partial charge in [-0.05, 0) is 25.8 Å². The molecule has 1 aliphatic heterocycles. The van der Waals surface area contributed by atoms with E-state index in [1.54, 1.807) is 0 Å². The van der Waals surface area contributed by atoms with E-state index in [-0.39, 0.29) is 0 Å². The molecule has 2 aliphatic rings. The SMILES string of the molecule is C=N/C(=C1/C=CC=CC1=NCC)N1CCOCC1. The lowest BCUT2D eigenvalue weighted by atomic mass is 10.0. The number of allylic oxidation sites excluding steroid dienone is 5. The molecular weight excluding hydrogens is 226 g/mol. The van der Waals surface area contributed by atoms with Crippen LogP contribution in [0.25, 0.3) is 0 Å². The van der Waals surface area contributed by atoms with Gasteiger partial charge >= 0.3 is 0 Å². The van der Waals surface area contributed by atoms with Gasteiger partial charge in [-0.25, -0.2) is 4.99 Å². The second-order valence-electron chi connectivity index (χ2n) is 4.07. The molecule has 0 aromatic heterocycles. The van der Waals surface area contributed by atoms with Crippen molar-refractivity contribution in [3.63, 3.8) is 0 Å². The van der Waals surface area contributed by atoms with Crippen LogP contribution in [0.4, 0.5) is 0 Å². The Labute approximate surface area is 108 Å². The van der Waals surface area contributed by atoms with Gasteiger partial charge in [0.15, 0.2) is 0 Å². The van der Waals surface area contributed by atoms with Gasteiger partial charge in [0.05, 0.1) is 18.9 Å². The fourth-order valence-electron chi connectivity index (χ4n) is 2.10. The molecule has 1 heterocycles. The second-order valence-corrected chi connectivity index (χ2v) is 4.07. The molecule has 0 bridgehead atoms. The lowest BCUT2D eigenvalue weighted by molar-refractivity contribution is 0.0530. The highest BCUT2D eigenvalue weighted by Crippen LogP contribution is 2.19. The third-order valence-corrected chi connectivity index (χ3v) is 2.93. The van der Waals surface area contributed by atoms with E-state index in [2.05, 4.69) is 21.6 Å². The molecule has 1 saturated heterocycles. The Balaban J connectivity index is 2.34. The Bertz CT molecular complexity index is 426.